The van der Waals surface area contributed by atoms with Crippen LogP contribution in [0.4, 0.5) is 0 Å². The molecule has 0 saturated heterocycles. The van der Waals surface area contributed by atoms with Crippen molar-refractivity contribution < 1.29 is 9.74 Å². The zero-order chi connectivity index (χ0) is 9.42. The van der Waals surface area contributed by atoms with E-state index in [9.17, 15) is 5.11 Å². The average molecular weight is 182 g/mol. The second-order valence-corrected chi connectivity index (χ2v) is 3.97. The van der Waals surface area contributed by atoms with E-state index in [1.165, 1.54) is 0 Å². The molecule has 1 aliphatic rings. The summed E-state index contributed by atoms with van der Waals surface area (Å²) in [5.74, 6) is 0.638. The standard InChI is InChI=1S/C9H14N2O2/c1-5(2)7-8(11-13-10-7)9(12)6-3-4-6/h5-6,9,12H,3-4H2,1-2H3/t9-/m1/s1. The molecular weight excluding hydrogens is 168 g/mol. The van der Waals surface area contributed by atoms with E-state index < -0.39 is 6.10 Å². The van der Waals surface area contributed by atoms with Gasteiger partial charge in [0.05, 0.1) is 0 Å². The predicted molar refractivity (Wildman–Crippen MR) is 46.1 cm³/mol. The maximum atomic E-state index is 9.82. The first-order valence-corrected chi connectivity index (χ1v) is 4.70. The highest BCUT2D eigenvalue weighted by Gasteiger charge is 2.35. The van der Waals surface area contributed by atoms with Gasteiger partial charge in [0, 0.05) is 5.92 Å². The smallest absolute Gasteiger partial charge is 0.137 e. The van der Waals surface area contributed by atoms with Crippen molar-refractivity contribution in [1.82, 2.24) is 10.3 Å². The minimum Gasteiger partial charge on any atom is -0.386 e. The number of nitrogens with zero attached hydrogens (tertiary/aromatic N) is 2. The molecule has 0 aliphatic heterocycles. The summed E-state index contributed by atoms with van der Waals surface area (Å²) < 4.78 is 4.65. The number of aliphatic hydroxyl groups is 1. The van der Waals surface area contributed by atoms with E-state index in [4.69, 9.17) is 0 Å². The molecule has 1 fully saturated rings. The summed E-state index contributed by atoms with van der Waals surface area (Å²) in [7, 11) is 0. The highest BCUT2D eigenvalue weighted by atomic mass is 16.6. The lowest BCUT2D eigenvalue weighted by molar-refractivity contribution is 0.142. The Morgan fingerprint density at radius 2 is 1.92 bits per heavy atom. The highest BCUT2D eigenvalue weighted by molar-refractivity contribution is 5.16. The molecule has 4 nitrogen and oxygen atoms in total. The number of aromatic nitrogens is 2. The molecule has 1 aromatic heterocycles. The molecule has 1 aromatic rings. The molecule has 2 rings (SSSR count). The van der Waals surface area contributed by atoms with Crippen molar-refractivity contribution in [3.05, 3.63) is 11.4 Å². The lowest BCUT2D eigenvalue weighted by atomic mass is 10.0. The topological polar surface area (TPSA) is 59.2 Å². The molecule has 1 saturated carbocycles. The average Bonchev–Trinajstić information content (AvgIpc) is 2.80. The summed E-state index contributed by atoms with van der Waals surface area (Å²) >= 11 is 0. The Kier molecular flexibility index (Phi) is 2.07. The van der Waals surface area contributed by atoms with Gasteiger partial charge in [-0.25, -0.2) is 4.63 Å². The monoisotopic (exact) mass is 182 g/mol. The molecule has 0 amide bonds. The van der Waals surface area contributed by atoms with E-state index in [2.05, 4.69) is 14.9 Å². The number of hydrogen-bond acceptors (Lipinski definition) is 4. The fourth-order valence-corrected chi connectivity index (χ4v) is 1.44. The Morgan fingerprint density at radius 1 is 1.31 bits per heavy atom. The Bertz CT molecular complexity index is 292. The Balaban J connectivity index is 2.22. The SMILES string of the molecule is CC(C)c1nonc1[C@H](O)C1CC1. The first-order chi connectivity index (χ1) is 6.20. The van der Waals surface area contributed by atoms with Crippen LogP contribution in [0.15, 0.2) is 4.63 Å². The van der Waals surface area contributed by atoms with Gasteiger partial charge in [0.25, 0.3) is 0 Å². The fourth-order valence-electron chi connectivity index (χ4n) is 1.44. The second kappa shape index (κ2) is 3.10. The van der Waals surface area contributed by atoms with Gasteiger partial charge in [-0.15, -0.1) is 0 Å². The van der Waals surface area contributed by atoms with Gasteiger partial charge < -0.3 is 5.11 Å². The lowest BCUT2D eigenvalue weighted by Crippen LogP contribution is -2.04. The molecule has 0 unspecified atom stereocenters. The molecule has 0 spiro atoms. The summed E-state index contributed by atoms with van der Waals surface area (Å²) in [6, 6.07) is 0. The molecule has 0 radical (unpaired) electrons. The molecule has 1 atom stereocenters. The zero-order valence-corrected chi connectivity index (χ0v) is 7.90. The van der Waals surface area contributed by atoms with Crippen LogP contribution in [0.1, 0.15) is 50.1 Å². The lowest BCUT2D eigenvalue weighted by Gasteiger charge is -2.07. The number of hydrogen-bond donors (Lipinski definition) is 1. The van der Waals surface area contributed by atoms with Crippen LogP contribution in [0, 0.1) is 5.92 Å². The summed E-state index contributed by atoms with van der Waals surface area (Å²) in [4.78, 5) is 0. The fraction of sp³-hybridized carbons (Fsp3) is 0.778. The van der Waals surface area contributed by atoms with Gasteiger partial charge in [0.15, 0.2) is 0 Å². The third-order valence-electron chi connectivity index (χ3n) is 2.44. The molecule has 0 aromatic carbocycles. The molecule has 4 heteroatoms. The molecule has 1 N–H and O–H groups in total. The number of rotatable bonds is 3. The highest BCUT2D eigenvalue weighted by Crippen LogP contribution is 2.41. The van der Waals surface area contributed by atoms with Crippen LogP contribution in [0.3, 0.4) is 0 Å². The van der Waals surface area contributed by atoms with E-state index in [1.807, 2.05) is 13.8 Å². The molecule has 1 aliphatic carbocycles. The third kappa shape index (κ3) is 1.58. The molecule has 13 heavy (non-hydrogen) atoms. The van der Waals surface area contributed by atoms with Crippen LogP contribution in [0.2, 0.25) is 0 Å². The summed E-state index contributed by atoms with van der Waals surface area (Å²) in [5, 5.41) is 17.4. The zero-order valence-electron chi connectivity index (χ0n) is 7.90. The quantitative estimate of drug-likeness (QED) is 0.771. The maximum absolute atomic E-state index is 9.82. The summed E-state index contributed by atoms with van der Waals surface area (Å²) in [6.07, 6.45) is 1.71. The van der Waals surface area contributed by atoms with Crippen LogP contribution >= 0.6 is 0 Å². The second-order valence-electron chi connectivity index (χ2n) is 3.97. The van der Waals surface area contributed by atoms with Gasteiger partial charge in [-0.2, -0.15) is 0 Å². The molecule has 72 valence electrons. The minimum absolute atomic E-state index is 0.259. The summed E-state index contributed by atoms with van der Waals surface area (Å²) in [5.41, 5.74) is 1.43. The van der Waals surface area contributed by atoms with E-state index >= 15 is 0 Å². The van der Waals surface area contributed by atoms with Gasteiger partial charge in [-0.3, -0.25) is 0 Å². The van der Waals surface area contributed by atoms with Gasteiger partial charge in [-0.1, -0.05) is 24.2 Å². The molecule has 1 heterocycles. The third-order valence-corrected chi connectivity index (χ3v) is 2.44. The van der Waals surface area contributed by atoms with Crippen molar-refractivity contribution >= 4 is 0 Å². The van der Waals surface area contributed by atoms with E-state index in [0.717, 1.165) is 18.5 Å². The van der Waals surface area contributed by atoms with Crippen molar-refractivity contribution in [2.75, 3.05) is 0 Å². The van der Waals surface area contributed by atoms with Crippen LogP contribution < -0.4 is 0 Å². The Hall–Kier alpha value is -0.900. The van der Waals surface area contributed by atoms with Crippen molar-refractivity contribution in [2.45, 2.75) is 38.7 Å². The van der Waals surface area contributed by atoms with Crippen molar-refractivity contribution in [1.29, 1.82) is 0 Å². The first kappa shape index (κ1) is 8.69. The van der Waals surface area contributed by atoms with Crippen molar-refractivity contribution in [2.24, 2.45) is 5.92 Å². The Labute approximate surface area is 76.9 Å². The van der Waals surface area contributed by atoms with Crippen LogP contribution in [-0.4, -0.2) is 15.4 Å². The van der Waals surface area contributed by atoms with Crippen LogP contribution in [0.25, 0.3) is 0 Å². The van der Waals surface area contributed by atoms with Gasteiger partial charge >= 0.3 is 0 Å². The van der Waals surface area contributed by atoms with Crippen molar-refractivity contribution in [3.8, 4) is 0 Å². The maximum Gasteiger partial charge on any atom is 0.137 e. The van der Waals surface area contributed by atoms with E-state index in [1.54, 1.807) is 0 Å². The van der Waals surface area contributed by atoms with Gasteiger partial charge in [-0.05, 0) is 18.8 Å². The van der Waals surface area contributed by atoms with Crippen molar-refractivity contribution in [3.63, 3.8) is 0 Å². The first-order valence-electron chi connectivity index (χ1n) is 4.70. The summed E-state index contributed by atoms with van der Waals surface area (Å²) in [6.45, 7) is 4.03. The molecule has 0 bridgehead atoms. The van der Waals surface area contributed by atoms with Gasteiger partial charge in [0.2, 0.25) is 0 Å². The molecular formula is C9H14N2O2. The minimum atomic E-state index is -0.469. The van der Waals surface area contributed by atoms with E-state index in [-0.39, 0.29) is 5.92 Å². The predicted octanol–water partition coefficient (Wildman–Crippen LogP) is 1.64. The van der Waals surface area contributed by atoms with Crippen LogP contribution in [-0.2, 0) is 0 Å². The normalized spacial score (nSPS) is 19.4. The Morgan fingerprint density at radius 3 is 2.46 bits per heavy atom. The number of aliphatic hydroxyl groups excluding tert-OH is 1. The van der Waals surface area contributed by atoms with Crippen LogP contribution in [0.5, 0.6) is 0 Å². The van der Waals surface area contributed by atoms with E-state index in [0.29, 0.717) is 11.6 Å². The largest absolute Gasteiger partial charge is 0.386 e. The van der Waals surface area contributed by atoms with Gasteiger partial charge in [0.1, 0.15) is 17.5 Å².